The highest BCUT2D eigenvalue weighted by Crippen LogP contribution is 2.19. The summed E-state index contributed by atoms with van der Waals surface area (Å²) in [6.07, 6.45) is 0. The average Bonchev–Trinajstić information content (AvgIpc) is 2.39. The van der Waals surface area contributed by atoms with Crippen molar-refractivity contribution in [3.63, 3.8) is 0 Å². The summed E-state index contributed by atoms with van der Waals surface area (Å²) in [5, 5.41) is 3.59. The number of benzene rings is 2. The minimum absolute atomic E-state index is 0.345. The molecule has 0 saturated heterocycles. The second kappa shape index (κ2) is 6.36. The van der Waals surface area contributed by atoms with E-state index in [4.69, 9.17) is 0 Å². The lowest BCUT2D eigenvalue weighted by molar-refractivity contribution is 0.573. The zero-order chi connectivity index (χ0) is 13.8. The Morgan fingerprint density at radius 1 is 1.11 bits per heavy atom. The molecule has 100 valence electrons. The molecule has 1 N–H and O–H groups in total. The van der Waals surface area contributed by atoms with E-state index in [0.717, 1.165) is 11.0 Å². The quantitative estimate of drug-likeness (QED) is 0.844. The van der Waals surface area contributed by atoms with Crippen LogP contribution in [0.15, 0.2) is 46.9 Å². The third-order valence-corrected chi connectivity index (χ3v) is 3.95. The topological polar surface area (TPSA) is 12.0 Å². The number of hydrogen-bond acceptors (Lipinski definition) is 1. The van der Waals surface area contributed by atoms with Gasteiger partial charge in [0.15, 0.2) is 0 Å². The molecule has 0 saturated carbocycles. The van der Waals surface area contributed by atoms with Gasteiger partial charge in [0, 0.05) is 17.1 Å². The molecule has 0 aliphatic rings. The second-order valence-corrected chi connectivity index (χ2v) is 6.00. The van der Waals surface area contributed by atoms with E-state index in [9.17, 15) is 0 Å². The fourth-order valence-electron chi connectivity index (χ4n) is 2.15. The van der Waals surface area contributed by atoms with Crippen LogP contribution in [0.2, 0.25) is 0 Å². The fraction of sp³-hybridized carbons (Fsp3) is 0.294. The molecule has 2 aromatic rings. The van der Waals surface area contributed by atoms with Crippen LogP contribution in [-0.2, 0) is 6.54 Å². The lowest BCUT2D eigenvalue weighted by Crippen LogP contribution is -2.18. The number of hydrogen-bond donors (Lipinski definition) is 1. The van der Waals surface area contributed by atoms with Crippen molar-refractivity contribution in [2.75, 3.05) is 0 Å². The summed E-state index contributed by atoms with van der Waals surface area (Å²) in [6.45, 7) is 7.41. The van der Waals surface area contributed by atoms with E-state index in [2.05, 4.69) is 84.5 Å². The number of aryl methyl sites for hydroxylation is 2. The molecule has 2 heteroatoms. The van der Waals surface area contributed by atoms with E-state index in [-0.39, 0.29) is 0 Å². The van der Waals surface area contributed by atoms with Crippen molar-refractivity contribution >= 4 is 15.9 Å². The zero-order valence-electron chi connectivity index (χ0n) is 11.7. The van der Waals surface area contributed by atoms with E-state index in [1.165, 1.54) is 22.3 Å². The summed E-state index contributed by atoms with van der Waals surface area (Å²) in [7, 11) is 0. The molecular formula is C17H20BrN. The molecule has 1 atom stereocenters. The summed E-state index contributed by atoms with van der Waals surface area (Å²) >= 11 is 3.52. The van der Waals surface area contributed by atoms with Gasteiger partial charge in [-0.15, -0.1) is 0 Å². The van der Waals surface area contributed by atoms with E-state index in [1.807, 2.05) is 0 Å². The number of halogens is 1. The highest BCUT2D eigenvalue weighted by molar-refractivity contribution is 9.10. The highest BCUT2D eigenvalue weighted by Gasteiger charge is 2.06. The van der Waals surface area contributed by atoms with E-state index in [0.29, 0.717) is 6.04 Å². The lowest BCUT2D eigenvalue weighted by atomic mass is 10.0. The average molecular weight is 318 g/mol. The molecule has 0 amide bonds. The van der Waals surface area contributed by atoms with Crippen molar-refractivity contribution in [3.05, 3.63) is 69.2 Å². The predicted molar refractivity (Wildman–Crippen MR) is 85.3 cm³/mol. The van der Waals surface area contributed by atoms with Crippen molar-refractivity contribution in [2.24, 2.45) is 0 Å². The Hall–Kier alpha value is -1.12. The Morgan fingerprint density at radius 3 is 2.63 bits per heavy atom. The van der Waals surface area contributed by atoms with Crippen LogP contribution in [0, 0.1) is 13.8 Å². The maximum absolute atomic E-state index is 3.59. The number of rotatable bonds is 4. The molecule has 0 heterocycles. The van der Waals surface area contributed by atoms with Crippen molar-refractivity contribution in [1.82, 2.24) is 5.32 Å². The largest absolute Gasteiger partial charge is 0.306 e. The molecule has 2 rings (SSSR count). The summed E-state index contributed by atoms with van der Waals surface area (Å²) in [5.74, 6) is 0. The first-order valence-corrected chi connectivity index (χ1v) is 7.40. The number of nitrogens with one attached hydrogen (secondary N) is 1. The van der Waals surface area contributed by atoms with Crippen LogP contribution in [0.1, 0.15) is 35.2 Å². The fourth-order valence-corrected chi connectivity index (χ4v) is 2.56. The molecule has 0 radical (unpaired) electrons. The van der Waals surface area contributed by atoms with Gasteiger partial charge in [-0.2, -0.15) is 0 Å². The van der Waals surface area contributed by atoms with Crippen molar-refractivity contribution in [3.8, 4) is 0 Å². The minimum atomic E-state index is 0.345. The Labute approximate surface area is 124 Å². The molecule has 0 bridgehead atoms. The predicted octanol–water partition coefficient (Wildman–Crippen LogP) is 4.92. The standard InChI is InChI=1S/C17H20BrN/c1-12-7-8-13(2)16(9-12)11-19-14(3)15-5-4-6-17(18)10-15/h4-10,14,19H,11H2,1-3H3/t14-/m0/s1. The zero-order valence-corrected chi connectivity index (χ0v) is 13.3. The Morgan fingerprint density at radius 2 is 1.89 bits per heavy atom. The molecule has 0 fully saturated rings. The molecule has 0 spiro atoms. The first-order valence-electron chi connectivity index (χ1n) is 6.61. The van der Waals surface area contributed by atoms with Gasteiger partial charge < -0.3 is 5.32 Å². The highest BCUT2D eigenvalue weighted by atomic mass is 79.9. The van der Waals surface area contributed by atoms with Crippen LogP contribution in [0.4, 0.5) is 0 Å². The summed E-state index contributed by atoms with van der Waals surface area (Å²) in [4.78, 5) is 0. The van der Waals surface area contributed by atoms with Crippen LogP contribution in [0.3, 0.4) is 0 Å². The van der Waals surface area contributed by atoms with Gasteiger partial charge in [-0.25, -0.2) is 0 Å². The van der Waals surface area contributed by atoms with Crippen LogP contribution in [0.25, 0.3) is 0 Å². The van der Waals surface area contributed by atoms with E-state index < -0.39 is 0 Å². The van der Waals surface area contributed by atoms with Gasteiger partial charge in [-0.1, -0.05) is 51.8 Å². The third-order valence-electron chi connectivity index (χ3n) is 3.45. The maximum Gasteiger partial charge on any atom is 0.0295 e. The molecule has 0 aliphatic heterocycles. The first kappa shape index (κ1) is 14.3. The van der Waals surface area contributed by atoms with Crippen LogP contribution < -0.4 is 5.32 Å². The Kier molecular flexibility index (Phi) is 4.78. The Balaban J connectivity index is 2.04. The molecule has 1 nitrogen and oxygen atoms in total. The van der Waals surface area contributed by atoms with Crippen molar-refractivity contribution in [1.29, 1.82) is 0 Å². The van der Waals surface area contributed by atoms with Crippen molar-refractivity contribution < 1.29 is 0 Å². The maximum atomic E-state index is 3.59. The molecular weight excluding hydrogens is 298 g/mol. The lowest BCUT2D eigenvalue weighted by Gasteiger charge is -2.16. The molecule has 0 unspecified atom stereocenters. The SMILES string of the molecule is Cc1ccc(C)c(CN[C@@H](C)c2cccc(Br)c2)c1. The Bertz CT molecular complexity index is 563. The molecule has 0 aliphatic carbocycles. The monoisotopic (exact) mass is 317 g/mol. The van der Waals surface area contributed by atoms with Crippen LogP contribution >= 0.6 is 15.9 Å². The molecule has 2 aromatic carbocycles. The summed E-state index contributed by atoms with van der Waals surface area (Å²) < 4.78 is 1.13. The van der Waals surface area contributed by atoms with E-state index >= 15 is 0 Å². The summed E-state index contributed by atoms with van der Waals surface area (Å²) in [5.41, 5.74) is 5.35. The van der Waals surface area contributed by atoms with Gasteiger partial charge in [0.05, 0.1) is 0 Å². The van der Waals surface area contributed by atoms with Gasteiger partial charge in [-0.05, 0) is 49.6 Å². The third kappa shape index (κ3) is 3.92. The van der Waals surface area contributed by atoms with Crippen LogP contribution in [-0.4, -0.2) is 0 Å². The summed E-state index contributed by atoms with van der Waals surface area (Å²) in [6, 6.07) is 15.4. The second-order valence-electron chi connectivity index (χ2n) is 5.09. The van der Waals surface area contributed by atoms with Gasteiger partial charge in [0.2, 0.25) is 0 Å². The molecule has 0 aromatic heterocycles. The first-order chi connectivity index (χ1) is 9.06. The van der Waals surface area contributed by atoms with Gasteiger partial charge >= 0.3 is 0 Å². The van der Waals surface area contributed by atoms with Crippen LogP contribution in [0.5, 0.6) is 0 Å². The van der Waals surface area contributed by atoms with Gasteiger partial charge in [0.1, 0.15) is 0 Å². The van der Waals surface area contributed by atoms with E-state index in [1.54, 1.807) is 0 Å². The molecule has 19 heavy (non-hydrogen) atoms. The van der Waals surface area contributed by atoms with Crippen molar-refractivity contribution in [2.45, 2.75) is 33.4 Å². The smallest absolute Gasteiger partial charge is 0.0295 e. The minimum Gasteiger partial charge on any atom is -0.306 e. The normalized spacial score (nSPS) is 12.4. The van der Waals surface area contributed by atoms with Gasteiger partial charge in [0.25, 0.3) is 0 Å². The van der Waals surface area contributed by atoms with Gasteiger partial charge in [-0.3, -0.25) is 0 Å².